The van der Waals surface area contributed by atoms with Crippen molar-refractivity contribution < 1.29 is 9.84 Å². The van der Waals surface area contributed by atoms with Gasteiger partial charge >= 0.3 is 0 Å². The van der Waals surface area contributed by atoms with Gasteiger partial charge in [-0.3, -0.25) is 4.90 Å². The van der Waals surface area contributed by atoms with Crippen LogP contribution in [-0.2, 0) is 0 Å². The number of nitrogen functional groups attached to an aromatic ring is 1. The van der Waals surface area contributed by atoms with Crippen molar-refractivity contribution in [1.82, 2.24) is 4.90 Å². The Morgan fingerprint density at radius 2 is 1.85 bits per heavy atom. The number of hydrogen-bond acceptors (Lipinski definition) is 4. The first kappa shape index (κ1) is 15.1. The molecule has 3 N–H and O–H groups in total. The fraction of sp³-hybridized carbons (Fsp3) is 0.625. The van der Waals surface area contributed by atoms with Crippen LogP contribution in [0.2, 0.25) is 0 Å². The summed E-state index contributed by atoms with van der Waals surface area (Å²) in [5.74, 6) is 0.748. The van der Waals surface area contributed by atoms with Gasteiger partial charge in [-0.25, -0.2) is 0 Å². The molecular formula is C16H26N2O2. The fourth-order valence-corrected chi connectivity index (χ4v) is 2.89. The molecule has 112 valence electrons. The van der Waals surface area contributed by atoms with Crippen molar-refractivity contribution in [2.75, 3.05) is 18.9 Å². The number of ether oxygens (including phenoxy) is 1. The number of anilines is 1. The maximum Gasteiger partial charge on any atom is 0.119 e. The smallest absolute Gasteiger partial charge is 0.119 e. The summed E-state index contributed by atoms with van der Waals surface area (Å²) in [6.45, 7) is 5.48. The van der Waals surface area contributed by atoms with Gasteiger partial charge in [-0.05, 0) is 51.0 Å². The summed E-state index contributed by atoms with van der Waals surface area (Å²) >= 11 is 0. The predicted octanol–water partition coefficient (Wildman–Crippen LogP) is 2.27. The summed E-state index contributed by atoms with van der Waals surface area (Å²) in [7, 11) is 0. The van der Waals surface area contributed by atoms with E-state index in [1.807, 2.05) is 12.1 Å². The molecule has 0 aromatic heterocycles. The minimum atomic E-state index is -0.462. The molecule has 4 nitrogen and oxygen atoms in total. The zero-order valence-corrected chi connectivity index (χ0v) is 12.5. The van der Waals surface area contributed by atoms with Crippen LogP contribution in [0.25, 0.3) is 0 Å². The Labute approximate surface area is 121 Å². The van der Waals surface area contributed by atoms with Crippen LogP contribution in [0.1, 0.15) is 33.1 Å². The van der Waals surface area contributed by atoms with Crippen molar-refractivity contribution in [2.24, 2.45) is 0 Å². The van der Waals surface area contributed by atoms with Crippen LogP contribution in [0.5, 0.6) is 5.75 Å². The minimum absolute atomic E-state index is 0.319. The van der Waals surface area contributed by atoms with Crippen LogP contribution in [0.15, 0.2) is 24.3 Å². The monoisotopic (exact) mass is 278 g/mol. The third kappa shape index (κ3) is 4.12. The van der Waals surface area contributed by atoms with E-state index < -0.39 is 6.10 Å². The number of likely N-dealkylation sites (tertiary alicyclic amines) is 1. The van der Waals surface area contributed by atoms with Crippen LogP contribution in [0, 0.1) is 0 Å². The Kier molecular flexibility index (Phi) is 5.26. The molecule has 4 heteroatoms. The summed E-state index contributed by atoms with van der Waals surface area (Å²) in [5.41, 5.74) is 6.34. The molecule has 3 unspecified atom stereocenters. The normalized spacial score (nSPS) is 25.4. The first-order valence-electron chi connectivity index (χ1n) is 7.48. The zero-order chi connectivity index (χ0) is 14.5. The van der Waals surface area contributed by atoms with Crippen LogP contribution in [0.3, 0.4) is 0 Å². The molecule has 0 spiro atoms. The van der Waals surface area contributed by atoms with E-state index >= 15 is 0 Å². The number of aliphatic hydroxyl groups is 1. The van der Waals surface area contributed by atoms with Gasteiger partial charge < -0.3 is 15.6 Å². The highest BCUT2D eigenvalue weighted by Crippen LogP contribution is 2.22. The van der Waals surface area contributed by atoms with Crippen molar-refractivity contribution in [2.45, 2.75) is 51.3 Å². The van der Waals surface area contributed by atoms with Gasteiger partial charge in [0.25, 0.3) is 0 Å². The van der Waals surface area contributed by atoms with Crippen molar-refractivity contribution >= 4 is 5.69 Å². The van der Waals surface area contributed by atoms with Gasteiger partial charge in [-0.1, -0.05) is 6.42 Å². The Morgan fingerprint density at radius 1 is 1.25 bits per heavy atom. The minimum Gasteiger partial charge on any atom is -0.491 e. The molecule has 0 radical (unpaired) electrons. The SMILES string of the molecule is CC1CCCC(C)N1CC(O)COc1ccc(N)cc1. The van der Waals surface area contributed by atoms with E-state index in [2.05, 4.69) is 18.7 Å². The fourth-order valence-electron chi connectivity index (χ4n) is 2.89. The quantitative estimate of drug-likeness (QED) is 0.811. The number of rotatable bonds is 5. The van der Waals surface area contributed by atoms with Crippen LogP contribution >= 0.6 is 0 Å². The van der Waals surface area contributed by atoms with Crippen molar-refractivity contribution in [3.63, 3.8) is 0 Å². The highest BCUT2D eigenvalue weighted by atomic mass is 16.5. The van der Waals surface area contributed by atoms with Crippen LogP contribution in [-0.4, -0.2) is 41.3 Å². The molecule has 1 heterocycles. The van der Waals surface area contributed by atoms with Crippen molar-refractivity contribution in [1.29, 1.82) is 0 Å². The van der Waals surface area contributed by atoms with Gasteiger partial charge in [-0.2, -0.15) is 0 Å². The summed E-state index contributed by atoms with van der Waals surface area (Å²) in [6, 6.07) is 8.35. The second kappa shape index (κ2) is 6.95. The van der Waals surface area contributed by atoms with Crippen molar-refractivity contribution in [3.05, 3.63) is 24.3 Å². The molecule has 0 aliphatic carbocycles. The van der Waals surface area contributed by atoms with Gasteiger partial charge in [0.2, 0.25) is 0 Å². The lowest BCUT2D eigenvalue weighted by Gasteiger charge is -2.40. The summed E-state index contributed by atoms with van der Waals surface area (Å²) in [5, 5.41) is 10.2. The molecule has 20 heavy (non-hydrogen) atoms. The number of nitrogens with zero attached hydrogens (tertiary/aromatic N) is 1. The lowest BCUT2D eigenvalue weighted by molar-refractivity contribution is 0.0209. The Morgan fingerprint density at radius 3 is 2.45 bits per heavy atom. The van der Waals surface area contributed by atoms with E-state index in [-0.39, 0.29) is 0 Å². The van der Waals surface area contributed by atoms with E-state index in [4.69, 9.17) is 10.5 Å². The van der Waals surface area contributed by atoms with E-state index in [1.165, 1.54) is 19.3 Å². The molecule has 1 aromatic carbocycles. The van der Waals surface area contributed by atoms with Gasteiger partial charge in [0.05, 0.1) is 0 Å². The molecule has 3 atom stereocenters. The van der Waals surface area contributed by atoms with Gasteiger partial charge in [0.15, 0.2) is 0 Å². The van der Waals surface area contributed by atoms with Crippen LogP contribution < -0.4 is 10.5 Å². The lowest BCUT2D eigenvalue weighted by atomic mass is 9.97. The van der Waals surface area contributed by atoms with Gasteiger partial charge in [0.1, 0.15) is 18.5 Å². The molecule has 2 rings (SSSR count). The first-order valence-corrected chi connectivity index (χ1v) is 7.48. The molecule has 0 saturated carbocycles. The van der Waals surface area contributed by atoms with Gasteiger partial charge in [-0.15, -0.1) is 0 Å². The predicted molar refractivity (Wildman–Crippen MR) is 81.8 cm³/mol. The number of β-amino-alcohol motifs (C(OH)–C–C–N with tert-alkyl or cyclic N) is 1. The molecule has 1 fully saturated rings. The van der Waals surface area contributed by atoms with E-state index in [1.54, 1.807) is 12.1 Å². The Hall–Kier alpha value is -1.26. The van der Waals surface area contributed by atoms with Gasteiger partial charge in [0, 0.05) is 24.3 Å². The molecule has 1 aromatic rings. The highest BCUT2D eigenvalue weighted by molar-refractivity contribution is 5.41. The summed E-state index contributed by atoms with van der Waals surface area (Å²) < 4.78 is 5.60. The Bertz CT molecular complexity index is 397. The number of piperidine rings is 1. The average molecular weight is 278 g/mol. The van der Waals surface area contributed by atoms with Crippen LogP contribution in [0.4, 0.5) is 5.69 Å². The Balaban J connectivity index is 1.79. The lowest BCUT2D eigenvalue weighted by Crippen LogP contribution is -2.48. The summed E-state index contributed by atoms with van der Waals surface area (Å²) in [4.78, 5) is 2.39. The van der Waals surface area contributed by atoms with E-state index in [9.17, 15) is 5.11 Å². The second-order valence-electron chi connectivity index (χ2n) is 5.86. The topological polar surface area (TPSA) is 58.7 Å². The average Bonchev–Trinajstić information content (AvgIpc) is 2.42. The maximum atomic E-state index is 10.2. The number of nitrogens with two attached hydrogens (primary N) is 1. The van der Waals surface area contributed by atoms with E-state index in [0.717, 1.165) is 5.75 Å². The standard InChI is InChI=1S/C16H26N2O2/c1-12-4-3-5-13(2)18(12)10-15(19)11-20-16-8-6-14(17)7-9-16/h6-9,12-13,15,19H,3-5,10-11,17H2,1-2H3. The molecule has 0 bridgehead atoms. The van der Waals surface area contributed by atoms with E-state index in [0.29, 0.717) is 30.9 Å². The molecule has 1 aliphatic heterocycles. The number of aliphatic hydroxyl groups excluding tert-OH is 1. The van der Waals surface area contributed by atoms with Crippen molar-refractivity contribution in [3.8, 4) is 5.75 Å². The molecule has 1 saturated heterocycles. The summed E-state index contributed by atoms with van der Waals surface area (Å²) in [6.07, 6.45) is 3.26. The second-order valence-corrected chi connectivity index (χ2v) is 5.86. The zero-order valence-electron chi connectivity index (χ0n) is 12.5. The molecule has 1 aliphatic rings. The third-order valence-corrected chi connectivity index (χ3v) is 4.12. The number of benzene rings is 1. The molecule has 0 amide bonds. The third-order valence-electron chi connectivity index (χ3n) is 4.12. The molecular weight excluding hydrogens is 252 g/mol. The first-order chi connectivity index (χ1) is 9.56. The number of hydrogen-bond donors (Lipinski definition) is 2. The highest BCUT2D eigenvalue weighted by Gasteiger charge is 2.26. The maximum absolute atomic E-state index is 10.2. The largest absolute Gasteiger partial charge is 0.491 e.